The van der Waals surface area contributed by atoms with E-state index in [-0.39, 0.29) is 16.5 Å². The van der Waals surface area contributed by atoms with E-state index >= 15 is 0 Å². The van der Waals surface area contributed by atoms with Crippen LogP contribution in [0.4, 0.5) is 18.9 Å². The van der Waals surface area contributed by atoms with Crippen LogP contribution in [0.1, 0.15) is 11.1 Å². The normalized spacial score (nSPS) is 11.5. The van der Waals surface area contributed by atoms with E-state index in [1.807, 2.05) is 31.2 Å². The van der Waals surface area contributed by atoms with Gasteiger partial charge in [-0.25, -0.2) is 0 Å². The molecule has 0 saturated heterocycles. The van der Waals surface area contributed by atoms with Gasteiger partial charge in [0.25, 0.3) is 0 Å². The average Bonchev–Trinajstić information content (AvgIpc) is 3.01. The summed E-state index contributed by atoms with van der Waals surface area (Å²) in [6, 6.07) is 10.5. The van der Waals surface area contributed by atoms with Crippen molar-refractivity contribution in [1.82, 2.24) is 14.8 Å². The second-order valence-electron chi connectivity index (χ2n) is 6.26. The summed E-state index contributed by atoms with van der Waals surface area (Å²) in [5.41, 5.74) is 0.996. The van der Waals surface area contributed by atoms with Gasteiger partial charge < -0.3 is 9.88 Å². The highest BCUT2D eigenvalue weighted by atomic mass is 35.5. The third-order valence-corrected chi connectivity index (χ3v) is 5.36. The summed E-state index contributed by atoms with van der Waals surface area (Å²) in [7, 11) is 1.78. The van der Waals surface area contributed by atoms with Gasteiger partial charge in [-0.3, -0.25) is 4.79 Å². The van der Waals surface area contributed by atoms with Crippen LogP contribution in [0.15, 0.2) is 47.6 Å². The lowest BCUT2D eigenvalue weighted by molar-refractivity contribution is -0.137. The van der Waals surface area contributed by atoms with Crippen molar-refractivity contribution >= 4 is 35.0 Å². The van der Waals surface area contributed by atoms with E-state index in [1.54, 1.807) is 11.6 Å². The summed E-state index contributed by atoms with van der Waals surface area (Å²) >= 11 is 7.02. The molecule has 0 spiro atoms. The number of hydrogen-bond acceptors (Lipinski definition) is 4. The Morgan fingerprint density at radius 3 is 2.66 bits per heavy atom. The van der Waals surface area contributed by atoms with E-state index in [2.05, 4.69) is 15.5 Å². The Morgan fingerprint density at radius 2 is 1.97 bits per heavy atom. The number of nitrogens with one attached hydrogen (secondary N) is 1. The van der Waals surface area contributed by atoms with Crippen LogP contribution in [0.3, 0.4) is 0 Å². The molecule has 1 N–H and O–H groups in total. The van der Waals surface area contributed by atoms with Gasteiger partial charge in [-0.2, -0.15) is 13.2 Å². The molecule has 29 heavy (non-hydrogen) atoms. The molecule has 10 heteroatoms. The average molecular weight is 441 g/mol. The topological polar surface area (TPSA) is 59.8 Å². The van der Waals surface area contributed by atoms with Gasteiger partial charge >= 0.3 is 6.18 Å². The van der Waals surface area contributed by atoms with Gasteiger partial charge in [0, 0.05) is 12.6 Å². The Labute approximate surface area is 174 Å². The SMILES string of the molecule is Cc1cccc(-c2nnc(SCC(=O)Nc3cc(C(F)(F)F)ccc3Cl)n2C)c1. The molecule has 0 aliphatic rings. The molecule has 5 nitrogen and oxygen atoms in total. The minimum absolute atomic E-state index is 0.0248. The maximum atomic E-state index is 12.8. The van der Waals surface area contributed by atoms with Gasteiger partial charge in [-0.1, -0.05) is 47.1 Å². The Hall–Kier alpha value is -2.52. The Balaban J connectivity index is 1.68. The lowest BCUT2D eigenvalue weighted by Crippen LogP contribution is -2.16. The fraction of sp³-hybridized carbons (Fsp3) is 0.211. The number of benzene rings is 2. The number of hydrogen-bond donors (Lipinski definition) is 1. The van der Waals surface area contributed by atoms with Crippen LogP contribution < -0.4 is 5.32 Å². The summed E-state index contributed by atoms with van der Waals surface area (Å²) in [5, 5.41) is 11.2. The number of amides is 1. The zero-order chi connectivity index (χ0) is 21.2. The van der Waals surface area contributed by atoms with Gasteiger partial charge in [0.1, 0.15) is 0 Å². The predicted molar refractivity (Wildman–Crippen MR) is 107 cm³/mol. The highest BCUT2D eigenvalue weighted by Crippen LogP contribution is 2.34. The molecular formula is C19H16ClF3N4OS. The predicted octanol–water partition coefficient (Wildman–Crippen LogP) is 5.19. The number of alkyl halides is 3. The summed E-state index contributed by atoms with van der Waals surface area (Å²) in [6.07, 6.45) is -4.52. The first-order chi connectivity index (χ1) is 13.6. The minimum atomic E-state index is -4.52. The number of rotatable bonds is 5. The third-order valence-electron chi connectivity index (χ3n) is 4.01. The molecule has 2 aromatic carbocycles. The van der Waals surface area contributed by atoms with Crippen LogP contribution in [0.2, 0.25) is 5.02 Å². The van der Waals surface area contributed by atoms with Crippen molar-refractivity contribution in [3.05, 3.63) is 58.6 Å². The number of aromatic nitrogens is 3. The van der Waals surface area contributed by atoms with Crippen molar-refractivity contribution in [1.29, 1.82) is 0 Å². The molecule has 0 bridgehead atoms. The maximum absolute atomic E-state index is 12.8. The monoisotopic (exact) mass is 440 g/mol. The Morgan fingerprint density at radius 1 is 1.21 bits per heavy atom. The lowest BCUT2D eigenvalue weighted by Gasteiger charge is -2.11. The number of anilines is 1. The van der Waals surface area contributed by atoms with Gasteiger partial charge in [-0.05, 0) is 31.2 Å². The third kappa shape index (κ3) is 5.10. The number of carbonyl (C=O) groups excluding carboxylic acids is 1. The fourth-order valence-corrected chi connectivity index (χ4v) is 3.47. The molecule has 1 aromatic heterocycles. The van der Waals surface area contributed by atoms with Crippen molar-refractivity contribution in [2.45, 2.75) is 18.3 Å². The van der Waals surface area contributed by atoms with Crippen LogP contribution in [-0.4, -0.2) is 26.4 Å². The van der Waals surface area contributed by atoms with Crippen LogP contribution >= 0.6 is 23.4 Å². The molecule has 0 radical (unpaired) electrons. The van der Waals surface area contributed by atoms with Crippen molar-refractivity contribution in [2.24, 2.45) is 7.05 Å². The van der Waals surface area contributed by atoms with Crippen molar-refractivity contribution in [2.75, 3.05) is 11.1 Å². The minimum Gasteiger partial charge on any atom is -0.324 e. The van der Waals surface area contributed by atoms with E-state index in [0.717, 1.165) is 41.1 Å². The number of nitrogens with zero attached hydrogens (tertiary/aromatic N) is 3. The van der Waals surface area contributed by atoms with Gasteiger partial charge in [0.05, 0.1) is 22.0 Å². The number of thioether (sulfide) groups is 1. The van der Waals surface area contributed by atoms with Crippen molar-refractivity contribution < 1.29 is 18.0 Å². The highest BCUT2D eigenvalue weighted by Gasteiger charge is 2.31. The summed E-state index contributed by atoms with van der Waals surface area (Å²) in [5.74, 6) is 0.0840. The maximum Gasteiger partial charge on any atom is 0.416 e. The summed E-state index contributed by atoms with van der Waals surface area (Å²) < 4.78 is 40.3. The van der Waals surface area contributed by atoms with E-state index in [1.165, 1.54) is 0 Å². The van der Waals surface area contributed by atoms with Gasteiger partial charge in [0.15, 0.2) is 11.0 Å². The quantitative estimate of drug-likeness (QED) is 0.554. The first-order valence-electron chi connectivity index (χ1n) is 8.41. The second-order valence-corrected chi connectivity index (χ2v) is 7.61. The van der Waals surface area contributed by atoms with E-state index in [0.29, 0.717) is 11.0 Å². The van der Waals surface area contributed by atoms with Crippen LogP contribution in [-0.2, 0) is 18.0 Å². The smallest absolute Gasteiger partial charge is 0.324 e. The van der Waals surface area contributed by atoms with Crippen LogP contribution in [0.25, 0.3) is 11.4 Å². The molecule has 0 unspecified atom stereocenters. The van der Waals surface area contributed by atoms with E-state index < -0.39 is 17.6 Å². The van der Waals surface area contributed by atoms with Crippen LogP contribution in [0.5, 0.6) is 0 Å². The van der Waals surface area contributed by atoms with E-state index in [4.69, 9.17) is 11.6 Å². The molecular weight excluding hydrogens is 425 g/mol. The number of halogens is 4. The highest BCUT2D eigenvalue weighted by molar-refractivity contribution is 7.99. The first kappa shape index (κ1) is 21.2. The van der Waals surface area contributed by atoms with Crippen LogP contribution in [0, 0.1) is 6.92 Å². The second kappa shape index (κ2) is 8.46. The molecule has 152 valence electrons. The van der Waals surface area contributed by atoms with Crippen molar-refractivity contribution in [3.63, 3.8) is 0 Å². The Kier molecular flexibility index (Phi) is 6.18. The zero-order valence-electron chi connectivity index (χ0n) is 15.4. The standard InChI is InChI=1S/C19H16ClF3N4OS/c1-11-4-3-5-12(8-11)17-25-26-18(27(17)2)29-10-16(28)24-15-9-13(19(21,22)23)6-7-14(15)20/h3-9H,10H2,1-2H3,(H,24,28). The molecule has 0 fully saturated rings. The molecule has 1 heterocycles. The molecule has 3 aromatic rings. The number of carbonyl (C=O) groups is 1. The Bertz CT molecular complexity index is 1050. The van der Waals surface area contributed by atoms with E-state index in [9.17, 15) is 18.0 Å². The first-order valence-corrected chi connectivity index (χ1v) is 9.77. The van der Waals surface area contributed by atoms with Crippen molar-refractivity contribution in [3.8, 4) is 11.4 Å². The van der Waals surface area contributed by atoms with Gasteiger partial charge in [0.2, 0.25) is 5.91 Å². The fourth-order valence-electron chi connectivity index (χ4n) is 2.59. The molecule has 0 aliphatic heterocycles. The molecule has 1 amide bonds. The number of aryl methyl sites for hydroxylation is 1. The lowest BCUT2D eigenvalue weighted by atomic mass is 10.1. The van der Waals surface area contributed by atoms with Gasteiger partial charge in [-0.15, -0.1) is 10.2 Å². The largest absolute Gasteiger partial charge is 0.416 e. The summed E-state index contributed by atoms with van der Waals surface area (Å²) in [6.45, 7) is 1.97. The molecule has 3 rings (SSSR count). The molecule has 0 saturated carbocycles. The summed E-state index contributed by atoms with van der Waals surface area (Å²) in [4.78, 5) is 12.2. The molecule has 0 atom stereocenters. The molecule has 0 aliphatic carbocycles. The zero-order valence-corrected chi connectivity index (χ0v) is 17.0.